The van der Waals surface area contributed by atoms with Gasteiger partial charge in [-0.15, -0.1) is 0 Å². The minimum absolute atomic E-state index is 0.0312. The predicted molar refractivity (Wildman–Crippen MR) is 103 cm³/mol. The molecule has 1 heterocycles. The van der Waals surface area contributed by atoms with Crippen LogP contribution in [-0.4, -0.2) is 59.1 Å². The second-order valence-corrected chi connectivity index (χ2v) is 8.09. The molecule has 1 saturated carbocycles. The normalized spacial score (nSPS) is 23.0. The third-order valence-electron chi connectivity index (χ3n) is 4.91. The number of hydrogen-bond donors (Lipinski definition) is 1. The molecule has 2 atom stereocenters. The lowest BCUT2D eigenvalue weighted by Gasteiger charge is -2.27. The number of nitro groups is 1. The number of thioether (sulfide) groups is 1. The van der Waals surface area contributed by atoms with Gasteiger partial charge >= 0.3 is 0 Å². The monoisotopic (exact) mass is 379 g/mol. The van der Waals surface area contributed by atoms with Crippen LogP contribution in [0.4, 0.5) is 11.4 Å². The summed E-state index contributed by atoms with van der Waals surface area (Å²) in [6, 6.07) is 5.00. The van der Waals surface area contributed by atoms with Crippen molar-refractivity contribution < 1.29 is 14.5 Å². The van der Waals surface area contributed by atoms with Gasteiger partial charge in [-0.25, -0.2) is 0 Å². The van der Waals surface area contributed by atoms with Crippen LogP contribution in [0.15, 0.2) is 18.2 Å². The van der Waals surface area contributed by atoms with E-state index in [2.05, 4.69) is 12.2 Å². The highest BCUT2D eigenvalue weighted by molar-refractivity contribution is 7.99. The van der Waals surface area contributed by atoms with Crippen LogP contribution in [0.5, 0.6) is 0 Å². The third-order valence-corrected chi connectivity index (χ3v) is 6.24. The molecule has 1 aliphatic carbocycles. The maximum Gasteiger partial charge on any atom is 0.293 e. The summed E-state index contributed by atoms with van der Waals surface area (Å²) in [6.07, 6.45) is 3.29. The fourth-order valence-electron chi connectivity index (χ4n) is 3.59. The van der Waals surface area contributed by atoms with E-state index in [0.29, 0.717) is 42.8 Å². The van der Waals surface area contributed by atoms with E-state index in [4.69, 9.17) is 4.74 Å². The molecule has 0 radical (unpaired) electrons. The van der Waals surface area contributed by atoms with Crippen LogP contribution in [0.3, 0.4) is 0 Å². The number of amides is 1. The Labute approximate surface area is 157 Å². The number of carbonyl (C=O) groups is 1. The van der Waals surface area contributed by atoms with E-state index in [-0.39, 0.29) is 17.6 Å². The van der Waals surface area contributed by atoms with Crippen molar-refractivity contribution in [2.75, 3.05) is 37.4 Å². The number of nitrogens with zero attached hydrogens (tertiary/aromatic N) is 2. The van der Waals surface area contributed by atoms with Crippen LogP contribution >= 0.6 is 11.8 Å². The van der Waals surface area contributed by atoms with E-state index in [0.717, 1.165) is 25.0 Å². The number of anilines is 1. The first-order chi connectivity index (χ1) is 12.6. The molecule has 2 fully saturated rings. The molecule has 1 aromatic rings. The molecule has 7 nitrogen and oxygen atoms in total. The molecule has 8 heteroatoms. The summed E-state index contributed by atoms with van der Waals surface area (Å²) in [5, 5.41) is 15.4. The van der Waals surface area contributed by atoms with E-state index in [1.165, 1.54) is 6.07 Å². The molecule has 3 rings (SSSR count). The van der Waals surface area contributed by atoms with Crippen LogP contribution in [0.25, 0.3) is 0 Å². The molecule has 1 saturated heterocycles. The van der Waals surface area contributed by atoms with Crippen molar-refractivity contribution in [1.82, 2.24) is 4.90 Å². The fourth-order valence-corrected chi connectivity index (χ4v) is 4.79. The van der Waals surface area contributed by atoms with Crippen LogP contribution in [0.2, 0.25) is 0 Å². The van der Waals surface area contributed by atoms with Crippen LogP contribution < -0.4 is 5.32 Å². The zero-order valence-corrected chi connectivity index (χ0v) is 15.8. The van der Waals surface area contributed by atoms with Crippen molar-refractivity contribution in [2.24, 2.45) is 0 Å². The van der Waals surface area contributed by atoms with Gasteiger partial charge in [-0.2, -0.15) is 11.8 Å². The van der Waals surface area contributed by atoms with Crippen molar-refractivity contribution in [2.45, 2.75) is 37.5 Å². The van der Waals surface area contributed by atoms with Crippen LogP contribution in [0.1, 0.15) is 36.5 Å². The Morgan fingerprint density at radius 1 is 1.38 bits per heavy atom. The second-order valence-electron chi connectivity index (χ2n) is 6.57. The summed E-state index contributed by atoms with van der Waals surface area (Å²) in [5.74, 6) is 0.862. The van der Waals surface area contributed by atoms with Crippen molar-refractivity contribution in [3.8, 4) is 0 Å². The zero-order chi connectivity index (χ0) is 18.5. The van der Waals surface area contributed by atoms with Crippen molar-refractivity contribution >= 4 is 29.0 Å². The van der Waals surface area contributed by atoms with Crippen LogP contribution in [0, 0.1) is 10.1 Å². The van der Waals surface area contributed by atoms with E-state index >= 15 is 0 Å². The lowest BCUT2D eigenvalue weighted by atomic mass is 10.1. The molecular formula is C18H25N3O4S. The van der Waals surface area contributed by atoms with E-state index in [1.54, 1.807) is 17.0 Å². The molecule has 2 aliphatic rings. The van der Waals surface area contributed by atoms with Gasteiger partial charge in [0, 0.05) is 36.0 Å². The molecule has 1 N–H and O–H groups in total. The minimum Gasteiger partial charge on any atom is -0.378 e. The number of nitrogens with one attached hydrogen (secondary N) is 1. The van der Waals surface area contributed by atoms with Crippen molar-refractivity contribution in [3.63, 3.8) is 0 Å². The number of morpholine rings is 1. The molecule has 1 amide bonds. The summed E-state index contributed by atoms with van der Waals surface area (Å²) < 4.78 is 5.26. The van der Waals surface area contributed by atoms with Crippen molar-refractivity contribution in [1.29, 1.82) is 0 Å². The molecule has 0 aromatic heterocycles. The summed E-state index contributed by atoms with van der Waals surface area (Å²) >= 11 is 1.90. The third kappa shape index (κ3) is 4.29. The molecule has 2 unspecified atom stereocenters. The lowest BCUT2D eigenvalue weighted by Crippen LogP contribution is -2.40. The smallest absolute Gasteiger partial charge is 0.293 e. The Hall–Kier alpha value is -1.80. The highest BCUT2D eigenvalue weighted by Crippen LogP contribution is 2.35. The zero-order valence-electron chi connectivity index (χ0n) is 15.0. The Balaban J connectivity index is 1.78. The Bertz CT molecular complexity index is 664. The van der Waals surface area contributed by atoms with E-state index < -0.39 is 4.92 Å². The maximum absolute atomic E-state index is 12.6. The quantitative estimate of drug-likeness (QED) is 0.604. The number of benzene rings is 1. The summed E-state index contributed by atoms with van der Waals surface area (Å²) in [6.45, 7) is 4.18. The molecule has 26 heavy (non-hydrogen) atoms. The first kappa shape index (κ1) is 19.0. The number of hydrogen-bond acceptors (Lipinski definition) is 6. The first-order valence-electron chi connectivity index (χ1n) is 9.13. The number of carbonyl (C=O) groups excluding carboxylic acids is 1. The van der Waals surface area contributed by atoms with Crippen LogP contribution in [-0.2, 0) is 4.74 Å². The van der Waals surface area contributed by atoms with E-state index in [1.807, 2.05) is 11.8 Å². The summed E-state index contributed by atoms with van der Waals surface area (Å²) in [5.41, 5.74) is 0.827. The Kier molecular flexibility index (Phi) is 6.37. The van der Waals surface area contributed by atoms with Gasteiger partial charge in [-0.05, 0) is 30.7 Å². The molecule has 1 aliphatic heterocycles. The molecule has 142 valence electrons. The maximum atomic E-state index is 12.6. The Morgan fingerprint density at radius 2 is 2.15 bits per heavy atom. The molecule has 0 spiro atoms. The van der Waals surface area contributed by atoms with Gasteiger partial charge in [0.2, 0.25) is 0 Å². The number of ether oxygens (including phenoxy) is 1. The van der Waals surface area contributed by atoms with Gasteiger partial charge in [0.05, 0.1) is 18.1 Å². The average Bonchev–Trinajstić information content (AvgIpc) is 3.09. The summed E-state index contributed by atoms with van der Waals surface area (Å²) in [4.78, 5) is 25.4. The van der Waals surface area contributed by atoms with Gasteiger partial charge in [0.25, 0.3) is 11.6 Å². The number of rotatable bonds is 6. The highest BCUT2D eigenvalue weighted by Gasteiger charge is 2.29. The second kappa shape index (κ2) is 8.73. The standard InChI is InChI=1S/C18H25N3O4S/c1-2-26-17-5-3-4-15(17)19-14-7-6-13(12-16(14)21(23)24)18(22)20-8-10-25-11-9-20/h6-7,12,15,17,19H,2-5,8-11H2,1H3. The van der Waals surface area contributed by atoms with Gasteiger partial charge in [-0.3, -0.25) is 14.9 Å². The SMILES string of the molecule is CCSC1CCCC1Nc1ccc(C(=O)N2CCOCC2)cc1[N+](=O)[O-]. The van der Waals surface area contributed by atoms with Gasteiger partial charge in [0.1, 0.15) is 5.69 Å². The van der Waals surface area contributed by atoms with E-state index in [9.17, 15) is 14.9 Å². The summed E-state index contributed by atoms with van der Waals surface area (Å²) in [7, 11) is 0. The molecular weight excluding hydrogens is 354 g/mol. The van der Waals surface area contributed by atoms with Gasteiger partial charge < -0.3 is 15.0 Å². The first-order valence-corrected chi connectivity index (χ1v) is 10.2. The van der Waals surface area contributed by atoms with Gasteiger partial charge in [0.15, 0.2) is 0 Å². The van der Waals surface area contributed by atoms with Gasteiger partial charge in [-0.1, -0.05) is 13.3 Å². The molecule has 0 bridgehead atoms. The largest absolute Gasteiger partial charge is 0.378 e. The highest BCUT2D eigenvalue weighted by atomic mass is 32.2. The minimum atomic E-state index is -0.407. The topological polar surface area (TPSA) is 84.7 Å². The fraction of sp³-hybridized carbons (Fsp3) is 0.611. The Morgan fingerprint density at radius 3 is 2.85 bits per heavy atom. The average molecular weight is 379 g/mol. The molecule has 1 aromatic carbocycles. The predicted octanol–water partition coefficient (Wildman–Crippen LogP) is 3.15. The van der Waals surface area contributed by atoms with Crippen molar-refractivity contribution in [3.05, 3.63) is 33.9 Å². The number of nitro benzene ring substituents is 1. The lowest BCUT2D eigenvalue weighted by molar-refractivity contribution is -0.384.